The van der Waals surface area contributed by atoms with Crippen LogP contribution in [0.1, 0.15) is 44.9 Å². The molecule has 5 fully saturated rings. The summed E-state index contributed by atoms with van der Waals surface area (Å²) in [5.74, 6) is 0.610. The van der Waals surface area contributed by atoms with Crippen LogP contribution in [-0.2, 0) is 29.1 Å². The highest BCUT2D eigenvalue weighted by atomic mass is 79.9. The van der Waals surface area contributed by atoms with Gasteiger partial charge in [-0.1, -0.05) is 15.9 Å². The maximum Gasteiger partial charge on any atom is 0.306 e. The van der Waals surface area contributed by atoms with Gasteiger partial charge in [0, 0.05) is 23.1 Å². The number of sulfonamides is 1. The maximum absolute atomic E-state index is 12.7. The first kappa shape index (κ1) is 24.2. The molecule has 10 heteroatoms. The van der Waals surface area contributed by atoms with E-state index in [9.17, 15) is 18.0 Å². The number of esters is 1. The Kier molecular flexibility index (Phi) is 6.54. The molecule has 1 aliphatic heterocycles. The molecule has 1 amide bonds. The zero-order chi connectivity index (χ0) is 24.0. The van der Waals surface area contributed by atoms with E-state index in [-0.39, 0.29) is 27.2 Å². The Morgan fingerprint density at radius 3 is 2.35 bits per heavy atom. The first-order chi connectivity index (χ1) is 16.1. The highest BCUT2D eigenvalue weighted by Gasteiger charge is 2.57. The number of nitrogens with one attached hydrogen (secondary N) is 1. The van der Waals surface area contributed by atoms with Crippen LogP contribution in [0.25, 0.3) is 0 Å². The van der Waals surface area contributed by atoms with Gasteiger partial charge in [0.2, 0.25) is 10.0 Å². The average molecular weight is 555 g/mol. The van der Waals surface area contributed by atoms with Crippen LogP contribution in [0.2, 0.25) is 0 Å². The zero-order valence-corrected chi connectivity index (χ0v) is 21.5. The monoisotopic (exact) mass is 554 g/mol. The van der Waals surface area contributed by atoms with Crippen molar-refractivity contribution in [3.05, 3.63) is 24.3 Å². The minimum absolute atomic E-state index is 0.00292. The van der Waals surface area contributed by atoms with E-state index in [0.717, 1.165) is 19.3 Å². The van der Waals surface area contributed by atoms with Crippen molar-refractivity contribution >= 4 is 43.5 Å². The number of amides is 1. The Bertz CT molecular complexity index is 1040. The summed E-state index contributed by atoms with van der Waals surface area (Å²) < 4.78 is 37.5. The lowest BCUT2D eigenvalue weighted by atomic mass is 9.49. The maximum atomic E-state index is 12.7. The van der Waals surface area contributed by atoms with Crippen LogP contribution in [0.3, 0.4) is 0 Å². The molecular weight excluding hydrogens is 524 g/mol. The van der Waals surface area contributed by atoms with E-state index in [2.05, 4.69) is 21.2 Å². The van der Waals surface area contributed by atoms with Gasteiger partial charge in [-0.25, -0.2) is 8.42 Å². The molecule has 1 saturated heterocycles. The summed E-state index contributed by atoms with van der Waals surface area (Å²) in [6.45, 7) is 1.06. The largest absolute Gasteiger partial charge is 0.456 e. The third-order valence-electron chi connectivity index (χ3n) is 7.74. The number of nitrogens with zero attached hydrogens (tertiary/aromatic N) is 1. The molecule has 1 aromatic carbocycles. The second kappa shape index (κ2) is 9.19. The summed E-state index contributed by atoms with van der Waals surface area (Å²) >= 11 is 3.96. The van der Waals surface area contributed by atoms with Crippen molar-refractivity contribution in [2.24, 2.45) is 17.3 Å². The number of morpholine rings is 1. The molecular formula is C24H31BrN2O6S. The van der Waals surface area contributed by atoms with Crippen molar-refractivity contribution in [2.45, 2.75) is 54.2 Å². The second-order valence-electron chi connectivity index (χ2n) is 10.5. The molecule has 8 nitrogen and oxygen atoms in total. The van der Waals surface area contributed by atoms with Gasteiger partial charge in [-0.05, 0) is 80.0 Å². The Labute approximate surface area is 208 Å². The normalized spacial score (nSPS) is 33.0. The molecule has 0 radical (unpaired) electrons. The summed E-state index contributed by atoms with van der Waals surface area (Å²) in [6.07, 6.45) is 7.22. The molecule has 4 bridgehead atoms. The fourth-order valence-electron chi connectivity index (χ4n) is 6.89. The third kappa shape index (κ3) is 5.05. The summed E-state index contributed by atoms with van der Waals surface area (Å²) in [7, 11) is -3.59. The molecule has 0 unspecified atom stereocenters. The number of halogens is 1. The minimum atomic E-state index is -3.59. The van der Waals surface area contributed by atoms with Crippen LogP contribution in [0.5, 0.6) is 0 Å². The van der Waals surface area contributed by atoms with Gasteiger partial charge in [0.1, 0.15) is 0 Å². The van der Waals surface area contributed by atoms with Crippen molar-refractivity contribution in [2.75, 3.05) is 38.2 Å². The van der Waals surface area contributed by atoms with Crippen molar-refractivity contribution < 1.29 is 27.5 Å². The number of alkyl halides is 1. The standard InChI is InChI=1S/C24H31BrN2O6S/c25-24-12-17-9-18(13-24)11-23(10-17,16-24)14-22(29)33-15-21(28)26-19-1-3-20(4-2-19)34(30,31)27-5-7-32-8-6-27/h1-4,17-18H,5-16H2,(H,26,28)/t17-,18-,23?,24?/m1/s1. The van der Waals surface area contributed by atoms with E-state index in [4.69, 9.17) is 9.47 Å². The lowest BCUT2D eigenvalue weighted by Crippen LogP contribution is -2.53. The van der Waals surface area contributed by atoms with E-state index >= 15 is 0 Å². The van der Waals surface area contributed by atoms with E-state index in [1.54, 1.807) is 0 Å². The fraction of sp³-hybridized carbons (Fsp3) is 0.667. The van der Waals surface area contributed by atoms with Crippen LogP contribution in [0.15, 0.2) is 29.2 Å². The van der Waals surface area contributed by atoms with Crippen LogP contribution >= 0.6 is 15.9 Å². The number of rotatable bonds is 7. The smallest absolute Gasteiger partial charge is 0.306 e. The number of hydrogen-bond donors (Lipinski definition) is 1. The SMILES string of the molecule is O=C(COC(=O)CC12C[C@H]3C[C@@H](CC(Br)(C3)C1)C2)Nc1ccc(S(=O)(=O)N2CCOCC2)cc1. The van der Waals surface area contributed by atoms with Gasteiger partial charge in [-0.2, -0.15) is 4.31 Å². The lowest BCUT2D eigenvalue weighted by Gasteiger charge is -2.60. The molecule has 0 spiro atoms. The molecule has 2 atom stereocenters. The molecule has 186 valence electrons. The van der Waals surface area contributed by atoms with Gasteiger partial charge in [0.25, 0.3) is 5.91 Å². The number of benzene rings is 1. The van der Waals surface area contributed by atoms with Crippen LogP contribution < -0.4 is 5.32 Å². The van der Waals surface area contributed by atoms with Crippen LogP contribution in [0.4, 0.5) is 5.69 Å². The van der Waals surface area contributed by atoms with Gasteiger partial charge < -0.3 is 14.8 Å². The number of carbonyl (C=O) groups excluding carboxylic acids is 2. The zero-order valence-electron chi connectivity index (χ0n) is 19.1. The van der Waals surface area contributed by atoms with E-state index < -0.39 is 15.9 Å². The van der Waals surface area contributed by atoms with Crippen LogP contribution in [-0.4, -0.2) is 61.8 Å². The number of carbonyl (C=O) groups is 2. The van der Waals surface area contributed by atoms with E-state index in [1.165, 1.54) is 47.8 Å². The number of anilines is 1. The van der Waals surface area contributed by atoms with Crippen molar-refractivity contribution in [1.29, 1.82) is 0 Å². The minimum Gasteiger partial charge on any atom is -0.456 e. The van der Waals surface area contributed by atoms with Crippen molar-refractivity contribution in [3.63, 3.8) is 0 Å². The summed E-state index contributed by atoms with van der Waals surface area (Å²) in [6, 6.07) is 6.01. The third-order valence-corrected chi connectivity index (χ3v) is 10.6. The molecule has 4 saturated carbocycles. The Morgan fingerprint density at radius 2 is 1.74 bits per heavy atom. The predicted molar refractivity (Wildman–Crippen MR) is 129 cm³/mol. The first-order valence-electron chi connectivity index (χ1n) is 12.0. The van der Waals surface area contributed by atoms with Gasteiger partial charge in [0.15, 0.2) is 6.61 Å². The Morgan fingerprint density at radius 1 is 1.09 bits per heavy atom. The Balaban J connectivity index is 1.11. The molecule has 0 aromatic heterocycles. The molecule has 1 N–H and O–H groups in total. The van der Waals surface area contributed by atoms with Gasteiger partial charge in [0.05, 0.1) is 24.5 Å². The molecule has 1 heterocycles. The predicted octanol–water partition coefficient (Wildman–Crippen LogP) is 3.31. The highest BCUT2D eigenvalue weighted by molar-refractivity contribution is 9.10. The Hall–Kier alpha value is -1.49. The number of ether oxygens (including phenoxy) is 2. The van der Waals surface area contributed by atoms with Crippen LogP contribution in [0, 0.1) is 17.3 Å². The summed E-state index contributed by atoms with van der Waals surface area (Å²) in [5, 5.41) is 2.67. The van der Waals surface area contributed by atoms with E-state index in [0.29, 0.717) is 50.2 Å². The first-order valence-corrected chi connectivity index (χ1v) is 14.2. The highest BCUT2D eigenvalue weighted by Crippen LogP contribution is 2.65. The molecule has 34 heavy (non-hydrogen) atoms. The van der Waals surface area contributed by atoms with E-state index in [1.807, 2.05) is 0 Å². The molecule has 6 rings (SSSR count). The quantitative estimate of drug-likeness (QED) is 0.409. The molecule has 4 aliphatic carbocycles. The summed E-state index contributed by atoms with van der Waals surface area (Å²) in [5.41, 5.74) is 0.451. The summed E-state index contributed by atoms with van der Waals surface area (Å²) in [4.78, 5) is 25.1. The molecule has 5 aliphatic rings. The van der Waals surface area contributed by atoms with Crippen molar-refractivity contribution in [3.8, 4) is 0 Å². The topological polar surface area (TPSA) is 102 Å². The van der Waals surface area contributed by atoms with Crippen molar-refractivity contribution in [1.82, 2.24) is 4.31 Å². The lowest BCUT2D eigenvalue weighted by molar-refractivity contribution is -0.153. The molecule has 1 aromatic rings. The number of hydrogen-bond acceptors (Lipinski definition) is 6. The van der Waals surface area contributed by atoms with Gasteiger partial charge >= 0.3 is 5.97 Å². The van der Waals surface area contributed by atoms with Gasteiger partial charge in [-0.3, -0.25) is 9.59 Å². The average Bonchev–Trinajstić information content (AvgIpc) is 2.77. The fourth-order valence-corrected chi connectivity index (χ4v) is 9.81. The van der Waals surface area contributed by atoms with Gasteiger partial charge in [-0.15, -0.1) is 0 Å². The second-order valence-corrected chi connectivity index (χ2v) is 14.2.